The second kappa shape index (κ2) is 7.69. The molecular weight excluding hydrogens is 333 g/mol. The largest absolute Gasteiger partial charge is 1.00 e. The number of hydrogen-bond donors (Lipinski definition) is 1. The average molecular weight is 345 g/mol. The Balaban J connectivity index is 0.00000324. The summed E-state index contributed by atoms with van der Waals surface area (Å²) in [6.45, 7) is 0.751. The van der Waals surface area contributed by atoms with Gasteiger partial charge in [-0.25, -0.2) is 8.78 Å². The van der Waals surface area contributed by atoms with Crippen LogP contribution in [-0.4, -0.2) is 17.0 Å². The normalized spacial score (nSPS) is 12.7. The molecule has 0 saturated heterocycles. The fraction of sp³-hybridized carbons (Fsp3) is 0.417. The van der Waals surface area contributed by atoms with E-state index >= 15 is 0 Å². The molecule has 7 heteroatoms. The molecule has 1 atom stereocenters. The van der Waals surface area contributed by atoms with Gasteiger partial charge in [0.25, 0.3) is 0 Å². The van der Waals surface area contributed by atoms with E-state index in [0.29, 0.717) is 4.47 Å². The number of halogens is 3. The van der Waals surface area contributed by atoms with Crippen molar-refractivity contribution in [3.05, 3.63) is 33.8 Å². The number of aliphatic hydroxyl groups excluding tert-OH is 1. The van der Waals surface area contributed by atoms with Gasteiger partial charge in [0, 0.05) is 16.5 Å². The van der Waals surface area contributed by atoms with Gasteiger partial charge in [-0.1, -0.05) is 22.0 Å². The van der Waals surface area contributed by atoms with Crippen LogP contribution < -0.4 is 34.7 Å². The maximum atomic E-state index is 12.7. The van der Waals surface area contributed by atoms with Crippen LogP contribution in [0.25, 0.3) is 0 Å². The van der Waals surface area contributed by atoms with Crippen LogP contribution in [0.1, 0.15) is 41.8 Å². The zero-order valence-electron chi connectivity index (χ0n) is 10.6. The van der Waals surface area contributed by atoms with Crippen LogP contribution in [-0.2, 0) is 0 Å². The van der Waals surface area contributed by atoms with Crippen molar-refractivity contribution in [3.63, 3.8) is 0 Å². The summed E-state index contributed by atoms with van der Waals surface area (Å²) in [4.78, 5) is 10.9. The Bertz CT molecular complexity index is 449. The van der Waals surface area contributed by atoms with Gasteiger partial charge in [-0.05, 0) is 31.0 Å². The zero-order valence-corrected chi connectivity index (χ0v) is 14.2. The van der Waals surface area contributed by atoms with E-state index in [1.807, 2.05) is 0 Å². The first kappa shape index (κ1) is 19.0. The van der Waals surface area contributed by atoms with Crippen molar-refractivity contribution in [2.24, 2.45) is 0 Å². The minimum atomic E-state index is -2.89. The van der Waals surface area contributed by atoms with Crippen molar-refractivity contribution < 1.29 is 53.3 Å². The number of carbonyl (C=O) groups excluding carboxylic acids is 1. The van der Waals surface area contributed by atoms with Crippen LogP contribution in [0.3, 0.4) is 0 Å². The zero-order chi connectivity index (χ0) is 13.9. The van der Waals surface area contributed by atoms with E-state index < -0.39 is 24.4 Å². The van der Waals surface area contributed by atoms with Gasteiger partial charge in [-0.2, -0.15) is 0 Å². The van der Waals surface area contributed by atoms with E-state index in [-0.39, 0.29) is 47.1 Å². The molecule has 0 fully saturated rings. The van der Waals surface area contributed by atoms with Crippen LogP contribution in [0.5, 0.6) is 0 Å². The molecule has 0 saturated carbocycles. The van der Waals surface area contributed by atoms with Gasteiger partial charge >= 0.3 is 29.6 Å². The van der Waals surface area contributed by atoms with Gasteiger partial charge < -0.3 is 15.0 Å². The number of benzene rings is 1. The maximum Gasteiger partial charge on any atom is 1.00 e. The Morgan fingerprint density at radius 2 is 2.11 bits per heavy atom. The number of carbonyl (C=O) groups is 1. The molecule has 19 heavy (non-hydrogen) atoms. The van der Waals surface area contributed by atoms with Gasteiger partial charge in [-0.3, -0.25) is 0 Å². The van der Waals surface area contributed by atoms with Gasteiger partial charge in [0.1, 0.15) is 0 Å². The van der Waals surface area contributed by atoms with E-state index in [1.165, 1.54) is 18.2 Å². The smallest absolute Gasteiger partial charge is 0.545 e. The van der Waals surface area contributed by atoms with Crippen molar-refractivity contribution >= 4 is 21.9 Å². The molecule has 0 aliphatic rings. The molecule has 0 radical (unpaired) electrons. The summed E-state index contributed by atoms with van der Waals surface area (Å²) in [5.41, 5.74) is -0.112. The second-order valence-electron chi connectivity index (χ2n) is 4.14. The Morgan fingerprint density at radius 3 is 2.58 bits per heavy atom. The summed E-state index contributed by atoms with van der Waals surface area (Å²) < 4.78 is 25.9. The minimum Gasteiger partial charge on any atom is -0.545 e. The van der Waals surface area contributed by atoms with E-state index in [4.69, 9.17) is 0 Å². The first-order valence-corrected chi connectivity index (χ1v) is 6.06. The number of aromatic carboxylic acids is 1. The van der Waals surface area contributed by atoms with E-state index in [1.54, 1.807) is 0 Å². The second-order valence-corrected chi connectivity index (χ2v) is 5.06. The molecule has 0 aliphatic heterocycles. The predicted octanol–water partition coefficient (Wildman–Crippen LogP) is -0.715. The summed E-state index contributed by atoms with van der Waals surface area (Å²) in [5, 5.41) is 20.7. The molecule has 1 aromatic carbocycles. The van der Waals surface area contributed by atoms with Crippen molar-refractivity contribution in [2.75, 3.05) is 0 Å². The van der Waals surface area contributed by atoms with E-state index in [0.717, 1.165) is 6.92 Å². The van der Waals surface area contributed by atoms with Crippen molar-refractivity contribution in [1.82, 2.24) is 0 Å². The van der Waals surface area contributed by atoms with Crippen LogP contribution in [0.15, 0.2) is 22.7 Å². The number of carboxylic acid groups (broad SMARTS) is 1. The molecule has 1 rings (SSSR count). The van der Waals surface area contributed by atoms with Crippen LogP contribution >= 0.6 is 15.9 Å². The molecule has 0 aliphatic carbocycles. The van der Waals surface area contributed by atoms with Crippen molar-refractivity contribution in [3.8, 4) is 0 Å². The van der Waals surface area contributed by atoms with Crippen molar-refractivity contribution in [1.29, 1.82) is 0 Å². The molecule has 1 N–H and O–H groups in total. The fourth-order valence-electron chi connectivity index (χ4n) is 1.54. The Morgan fingerprint density at radius 1 is 1.53 bits per heavy atom. The van der Waals surface area contributed by atoms with Crippen LogP contribution in [0.2, 0.25) is 0 Å². The van der Waals surface area contributed by atoms with Gasteiger partial charge in [0.15, 0.2) is 0 Å². The van der Waals surface area contributed by atoms with E-state index in [9.17, 15) is 23.8 Å². The number of carboxylic acids is 1. The van der Waals surface area contributed by atoms with Gasteiger partial charge in [0.2, 0.25) is 5.92 Å². The monoisotopic (exact) mass is 344 g/mol. The number of aliphatic hydroxyl groups is 1. The fourth-order valence-corrected chi connectivity index (χ4v) is 1.90. The summed E-state index contributed by atoms with van der Waals surface area (Å²) in [5.74, 6) is -4.34. The molecule has 0 amide bonds. The Hall–Kier alpha value is -0.0100. The quantitative estimate of drug-likeness (QED) is 0.717. The van der Waals surface area contributed by atoms with Gasteiger partial charge in [0.05, 0.1) is 12.1 Å². The van der Waals surface area contributed by atoms with Crippen LogP contribution in [0, 0.1) is 0 Å². The molecule has 0 aromatic heterocycles. The minimum absolute atomic E-state index is 0. The third kappa shape index (κ3) is 6.31. The molecule has 0 heterocycles. The Labute approximate surface area is 140 Å². The standard InChI is InChI=1S/C12H13BrF2O3.Na/c1-12(14,15)5-4-10(16)8-3-2-7(13)6-9(8)11(17)18;/h2-3,6,10,16H,4-5H2,1H3,(H,17,18);/q;+1/p-1. The third-order valence-electron chi connectivity index (χ3n) is 2.45. The first-order valence-electron chi connectivity index (χ1n) is 5.27. The predicted molar refractivity (Wildman–Crippen MR) is 63.3 cm³/mol. The molecule has 1 unspecified atom stereocenters. The number of rotatable bonds is 5. The topological polar surface area (TPSA) is 60.4 Å². The summed E-state index contributed by atoms with van der Waals surface area (Å²) in [6, 6.07) is 4.20. The number of alkyl halides is 2. The SMILES string of the molecule is CC(F)(F)CCC(O)c1ccc(Br)cc1C(=O)[O-].[Na+]. The van der Waals surface area contributed by atoms with Crippen molar-refractivity contribution in [2.45, 2.75) is 31.8 Å². The first-order chi connectivity index (χ1) is 8.20. The summed E-state index contributed by atoms with van der Waals surface area (Å²) in [7, 11) is 0. The molecule has 3 nitrogen and oxygen atoms in total. The summed E-state index contributed by atoms with van der Waals surface area (Å²) in [6.07, 6.45) is -1.99. The Kier molecular flexibility index (Phi) is 7.68. The molecule has 0 bridgehead atoms. The maximum absolute atomic E-state index is 12.7. The molecule has 100 valence electrons. The average Bonchev–Trinajstić information content (AvgIpc) is 2.24. The number of hydrogen-bond acceptors (Lipinski definition) is 3. The molecular formula is C12H12BrF2NaO3. The molecule has 0 spiro atoms. The summed E-state index contributed by atoms with van der Waals surface area (Å²) >= 11 is 3.09. The third-order valence-corrected chi connectivity index (χ3v) is 2.94. The van der Waals surface area contributed by atoms with Crippen LogP contribution in [0.4, 0.5) is 8.78 Å². The molecule has 1 aromatic rings. The van der Waals surface area contributed by atoms with E-state index in [2.05, 4.69) is 15.9 Å². The van der Waals surface area contributed by atoms with Gasteiger partial charge in [-0.15, -0.1) is 0 Å².